The lowest BCUT2D eigenvalue weighted by molar-refractivity contribution is 0.385. The van der Waals surface area contributed by atoms with Gasteiger partial charge in [-0.25, -0.2) is 4.39 Å². The molecular formula is C21H31FN6O. The van der Waals surface area contributed by atoms with Crippen LogP contribution in [0.4, 0.5) is 4.39 Å². The van der Waals surface area contributed by atoms with Gasteiger partial charge in [0.15, 0.2) is 17.5 Å². The van der Waals surface area contributed by atoms with E-state index in [9.17, 15) is 4.39 Å². The first kappa shape index (κ1) is 21.1. The van der Waals surface area contributed by atoms with Crippen molar-refractivity contribution in [3.05, 3.63) is 41.2 Å². The number of nitrogens with one attached hydrogen (secondary N) is 1. The van der Waals surface area contributed by atoms with E-state index in [4.69, 9.17) is 4.74 Å². The molecular weight excluding hydrogens is 371 g/mol. The Hall–Kier alpha value is -2.64. The standard InChI is InChI=1S/C21H31FN6O/c1-23-21(27(2)15-16-10-11-18(29-3)17(22)14-16)24-12-7-9-20-26-25-19-8-5-4-6-13-28(19)20/h10-11,14H,4-9,12-13,15H2,1-3H3,(H,23,24). The van der Waals surface area contributed by atoms with Gasteiger partial charge in [0.25, 0.3) is 0 Å². The van der Waals surface area contributed by atoms with Gasteiger partial charge in [-0.3, -0.25) is 4.99 Å². The second-order valence-corrected chi connectivity index (χ2v) is 7.40. The highest BCUT2D eigenvalue weighted by molar-refractivity contribution is 5.79. The number of aliphatic imine (C=N–C) groups is 1. The molecule has 0 amide bonds. The minimum absolute atomic E-state index is 0.255. The van der Waals surface area contributed by atoms with Crippen LogP contribution in [0, 0.1) is 5.82 Å². The van der Waals surface area contributed by atoms with Gasteiger partial charge in [-0.15, -0.1) is 10.2 Å². The number of hydrogen-bond acceptors (Lipinski definition) is 4. The Morgan fingerprint density at radius 2 is 2.17 bits per heavy atom. The Bertz CT molecular complexity index is 835. The molecule has 0 bridgehead atoms. The highest BCUT2D eigenvalue weighted by atomic mass is 19.1. The van der Waals surface area contributed by atoms with E-state index >= 15 is 0 Å². The van der Waals surface area contributed by atoms with Gasteiger partial charge in [0, 0.05) is 46.6 Å². The molecule has 158 valence electrons. The van der Waals surface area contributed by atoms with Crippen LogP contribution in [0.1, 0.15) is 42.9 Å². The average molecular weight is 403 g/mol. The van der Waals surface area contributed by atoms with Crippen molar-refractivity contribution < 1.29 is 9.13 Å². The number of ether oxygens (including phenoxy) is 1. The third-order valence-corrected chi connectivity index (χ3v) is 5.26. The largest absolute Gasteiger partial charge is 0.494 e. The SMILES string of the molecule is CN=C(NCCCc1nnc2n1CCCCC2)N(C)Cc1ccc(OC)c(F)c1. The summed E-state index contributed by atoms with van der Waals surface area (Å²) in [7, 11) is 5.16. The summed E-state index contributed by atoms with van der Waals surface area (Å²) >= 11 is 0. The van der Waals surface area contributed by atoms with Crippen molar-refractivity contribution in [2.24, 2.45) is 4.99 Å². The Balaban J connectivity index is 1.48. The second kappa shape index (κ2) is 10.2. The molecule has 0 aliphatic carbocycles. The molecule has 2 aromatic rings. The number of methoxy groups -OCH3 is 1. The van der Waals surface area contributed by atoms with Gasteiger partial charge in [-0.2, -0.15) is 0 Å². The summed E-state index contributed by atoms with van der Waals surface area (Å²) in [6.07, 6.45) is 6.56. The number of aromatic nitrogens is 3. The van der Waals surface area contributed by atoms with Gasteiger partial charge in [0.1, 0.15) is 11.6 Å². The van der Waals surface area contributed by atoms with E-state index in [1.165, 1.54) is 32.4 Å². The number of hydrogen-bond donors (Lipinski definition) is 1. The summed E-state index contributed by atoms with van der Waals surface area (Å²) in [5, 5.41) is 12.1. The molecule has 0 unspecified atom stereocenters. The first-order chi connectivity index (χ1) is 14.1. The van der Waals surface area contributed by atoms with Gasteiger partial charge in [0.2, 0.25) is 0 Å². The first-order valence-electron chi connectivity index (χ1n) is 10.3. The van der Waals surface area contributed by atoms with Crippen LogP contribution < -0.4 is 10.1 Å². The molecule has 3 rings (SSSR count). The van der Waals surface area contributed by atoms with Crippen LogP contribution in [0.25, 0.3) is 0 Å². The smallest absolute Gasteiger partial charge is 0.193 e. The topological polar surface area (TPSA) is 67.6 Å². The van der Waals surface area contributed by atoms with Gasteiger partial charge >= 0.3 is 0 Å². The van der Waals surface area contributed by atoms with Gasteiger partial charge in [-0.1, -0.05) is 12.5 Å². The molecule has 0 saturated carbocycles. The predicted octanol–water partition coefficient (Wildman–Crippen LogP) is 2.79. The molecule has 7 nitrogen and oxygen atoms in total. The molecule has 8 heteroatoms. The quantitative estimate of drug-likeness (QED) is 0.438. The van der Waals surface area contributed by atoms with Crippen LogP contribution in [0.3, 0.4) is 0 Å². The predicted molar refractivity (Wildman–Crippen MR) is 112 cm³/mol. The third kappa shape index (κ3) is 5.46. The minimum Gasteiger partial charge on any atom is -0.494 e. The number of benzene rings is 1. The van der Waals surface area contributed by atoms with Crippen molar-refractivity contribution in [2.75, 3.05) is 27.7 Å². The zero-order valence-electron chi connectivity index (χ0n) is 17.6. The highest BCUT2D eigenvalue weighted by Gasteiger charge is 2.14. The summed E-state index contributed by atoms with van der Waals surface area (Å²) in [6.45, 7) is 2.38. The van der Waals surface area contributed by atoms with Crippen molar-refractivity contribution >= 4 is 5.96 Å². The second-order valence-electron chi connectivity index (χ2n) is 7.40. The van der Waals surface area contributed by atoms with E-state index in [0.29, 0.717) is 6.54 Å². The maximum Gasteiger partial charge on any atom is 0.193 e. The third-order valence-electron chi connectivity index (χ3n) is 5.26. The number of nitrogens with zero attached hydrogens (tertiary/aromatic N) is 5. The van der Waals surface area contributed by atoms with E-state index in [1.54, 1.807) is 13.1 Å². The molecule has 2 heterocycles. The number of aryl methyl sites for hydroxylation is 2. The number of rotatable bonds is 7. The Labute approximate surface area is 172 Å². The summed E-state index contributed by atoms with van der Waals surface area (Å²) in [5.74, 6) is 2.90. The van der Waals surface area contributed by atoms with Crippen LogP contribution >= 0.6 is 0 Å². The maximum atomic E-state index is 13.9. The van der Waals surface area contributed by atoms with E-state index in [1.807, 2.05) is 18.0 Å². The van der Waals surface area contributed by atoms with Crippen molar-refractivity contribution in [3.8, 4) is 5.75 Å². The monoisotopic (exact) mass is 402 g/mol. The molecule has 0 spiro atoms. The van der Waals surface area contributed by atoms with Crippen LogP contribution in [-0.2, 0) is 25.9 Å². The van der Waals surface area contributed by atoms with Crippen LogP contribution in [-0.4, -0.2) is 53.4 Å². The van der Waals surface area contributed by atoms with Crippen molar-refractivity contribution in [2.45, 2.75) is 51.6 Å². The maximum absolute atomic E-state index is 13.9. The lowest BCUT2D eigenvalue weighted by Gasteiger charge is -2.22. The number of guanidine groups is 1. The molecule has 0 fully saturated rings. The highest BCUT2D eigenvalue weighted by Crippen LogP contribution is 2.18. The molecule has 1 aromatic carbocycles. The first-order valence-corrected chi connectivity index (χ1v) is 10.3. The van der Waals surface area contributed by atoms with E-state index in [0.717, 1.165) is 55.5 Å². The zero-order valence-corrected chi connectivity index (χ0v) is 17.6. The molecule has 1 aliphatic rings. The lowest BCUT2D eigenvalue weighted by atomic mass is 10.2. The van der Waals surface area contributed by atoms with Crippen LogP contribution in [0.15, 0.2) is 23.2 Å². The average Bonchev–Trinajstić information content (AvgIpc) is 2.94. The molecule has 1 aliphatic heterocycles. The number of fused-ring (bicyclic) bond motifs is 1. The zero-order chi connectivity index (χ0) is 20.6. The van der Waals surface area contributed by atoms with E-state index < -0.39 is 0 Å². The summed E-state index contributed by atoms with van der Waals surface area (Å²) in [6, 6.07) is 5.01. The molecule has 29 heavy (non-hydrogen) atoms. The van der Waals surface area contributed by atoms with Crippen molar-refractivity contribution in [1.82, 2.24) is 25.0 Å². The van der Waals surface area contributed by atoms with Gasteiger partial charge in [-0.05, 0) is 37.0 Å². The van der Waals surface area contributed by atoms with Gasteiger partial charge in [0.05, 0.1) is 7.11 Å². The minimum atomic E-state index is -0.353. The lowest BCUT2D eigenvalue weighted by Crippen LogP contribution is -2.39. The summed E-state index contributed by atoms with van der Waals surface area (Å²) in [4.78, 5) is 6.31. The fourth-order valence-electron chi connectivity index (χ4n) is 3.72. The molecule has 1 N–H and O–H groups in total. The molecule has 0 atom stereocenters. The number of halogens is 1. The van der Waals surface area contributed by atoms with Gasteiger partial charge < -0.3 is 19.5 Å². The summed E-state index contributed by atoms with van der Waals surface area (Å²) < 4.78 is 21.2. The van der Waals surface area contributed by atoms with Crippen molar-refractivity contribution in [3.63, 3.8) is 0 Å². The molecule has 0 saturated heterocycles. The van der Waals surface area contributed by atoms with E-state index in [-0.39, 0.29) is 11.6 Å². The van der Waals surface area contributed by atoms with Crippen molar-refractivity contribution in [1.29, 1.82) is 0 Å². The van der Waals surface area contributed by atoms with Crippen LogP contribution in [0.5, 0.6) is 5.75 Å². The molecule has 0 radical (unpaired) electrons. The Kier molecular flexibility index (Phi) is 7.43. The Morgan fingerprint density at radius 3 is 2.93 bits per heavy atom. The fourth-order valence-corrected chi connectivity index (χ4v) is 3.72. The fraction of sp³-hybridized carbons (Fsp3) is 0.571. The van der Waals surface area contributed by atoms with Crippen LogP contribution in [0.2, 0.25) is 0 Å². The molecule has 1 aromatic heterocycles. The summed E-state index contributed by atoms with van der Waals surface area (Å²) in [5.41, 5.74) is 0.861. The normalized spacial score (nSPS) is 14.3. The van der Waals surface area contributed by atoms with E-state index in [2.05, 4.69) is 25.1 Å². The Morgan fingerprint density at radius 1 is 1.31 bits per heavy atom.